The number of aromatic amines is 1. The first-order chi connectivity index (χ1) is 29.7. The highest BCUT2D eigenvalue weighted by molar-refractivity contribution is 14.1. The summed E-state index contributed by atoms with van der Waals surface area (Å²) in [6.45, 7) is 11.1. The molecule has 0 saturated carbocycles. The third-order valence-electron chi connectivity index (χ3n) is 12.2. The molecule has 0 radical (unpaired) electrons. The molecule has 17 heteroatoms. The van der Waals surface area contributed by atoms with Crippen molar-refractivity contribution in [2.45, 2.75) is 50.8 Å². The molecule has 2 saturated heterocycles. The van der Waals surface area contributed by atoms with Crippen LogP contribution in [0.4, 0.5) is 17.1 Å². The monoisotopic (exact) mass is 992 g/mol. The second-order valence-corrected chi connectivity index (χ2v) is 20.7. The molecule has 2 aromatic heterocycles. The fourth-order valence-corrected chi connectivity index (χ4v) is 10.2. The van der Waals surface area contributed by atoms with Gasteiger partial charge in [0, 0.05) is 110 Å². The van der Waals surface area contributed by atoms with Gasteiger partial charge in [0.05, 0.1) is 21.6 Å². The molecule has 8 rings (SSSR count). The molecular weight excluding hydrogens is 943 g/mol. The topological polar surface area (TPSA) is 166 Å². The SMILES string of the molecule is CC1(C)CCC(CN2CCN(c3ccc(C(=O)NS(=O)(=O)c4ccc(NCC5CCN(I)CC5)c([N+](=O)[O-])c4)c(Oc4cnc5[nH]ccc5c4)c3)CC2)=C(c2ccc(Cl)cc2)C1. The number of allylic oxidation sites excluding steroid dienone is 1. The van der Waals surface area contributed by atoms with Crippen LogP contribution in [-0.2, 0) is 10.0 Å². The number of carbonyl (C=O) groups excluding carboxylic acids is 1. The van der Waals surface area contributed by atoms with E-state index in [0.29, 0.717) is 23.9 Å². The van der Waals surface area contributed by atoms with Crippen molar-refractivity contribution < 1.29 is 22.9 Å². The quantitative estimate of drug-likeness (QED) is 0.0446. The van der Waals surface area contributed by atoms with Crippen LogP contribution in [0, 0.1) is 21.4 Å². The lowest BCUT2D eigenvalue weighted by Gasteiger charge is -2.39. The highest BCUT2D eigenvalue weighted by Gasteiger charge is 2.31. The van der Waals surface area contributed by atoms with E-state index in [1.54, 1.807) is 30.5 Å². The molecule has 0 unspecified atom stereocenters. The van der Waals surface area contributed by atoms with E-state index in [1.165, 1.54) is 35.0 Å². The molecule has 4 heterocycles. The molecule has 1 amide bonds. The zero-order valence-electron chi connectivity index (χ0n) is 34.7. The van der Waals surface area contributed by atoms with E-state index in [-0.39, 0.29) is 22.4 Å². The number of nitro groups is 1. The van der Waals surface area contributed by atoms with Crippen molar-refractivity contribution in [3.8, 4) is 11.5 Å². The van der Waals surface area contributed by atoms with Gasteiger partial charge in [0.25, 0.3) is 21.6 Å². The minimum atomic E-state index is -4.55. The van der Waals surface area contributed by atoms with Gasteiger partial charge in [-0.2, -0.15) is 0 Å². The number of piperidine rings is 1. The number of nitrogens with one attached hydrogen (secondary N) is 3. The number of benzene rings is 3. The second kappa shape index (κ2) is 18.5. The van der Waals surface area contributed by atoms with E-state index in [1.807, 2.05) is 18.2 Å². The molecule has 3 aromatic carbocycles. The first kappa shape index (κ1) is 43.9. The van der Waals surface area contributed by atoms with E-state index in [2.05, 4.69) is 81.8 Å². The Morgan fingerprint density at radius 3 is 2.52 bits per heavy atom. The number of rotatable bonds is 13. The van der Waals surface area contributed by atoms with Gasteiger partial charge in [-0.25, -0.2) is 21.2 Å². The summed E-state index contributed by atoms with van der Waals surface area (Å²) in [6.07, 6.45) is 8.40. The van der Waals surface area contributed by atoms with Crippen molar-refractivity contribution in [3.05, 3.63) is 117 Å². The highest BCUT2D eigenvalue weighted by Crippen LogP contribution is 2.43. The van der Waals surface area contributed by atoms with Gasteiger partial charge in [0.15, 0.2) is 0 Å². The van der Waals surface area contributed by atoms with Crippen LogP contribution in [-0.4, -0.2) is 89.6 Å². The molecule has 0 spiro atoms. The predicted molar refractivity (Wildman–Crippen MR) is 252 cm³/mol. The maximum absolute atomic E-state index is 13.9. The van der Waals surface area contributed by atoms with Gasteiger partial charge in [0.2, 0.25) is 0 Å². The van der Waals surface area contributed by atoms with Crippen LogP contribution in [0.25, 0.3) is 16.6 Å². The Balaban J connectivity index is 0.998. The normalized spacial score (nSPS) is 17.9. The number of fused-ring (bicyclic) bond motifs is 1. The third-order valence-corrected chi connectivity index (χ3v) is 14.7. The minimum absolute atomic E-state index is 0.0302. The van der Waals surface area contributed by atoms with Gasteiger partial charge >= 0.3 is 0 Å². The number of hydrogen-bond donors (Lipinski definition) is 3. The summed E-state index contributed by atoms with van der Waals surface area (Å²) in [5.41, 5.74) is 5.61. The molecule has 1 aliphatic carbocycles. The second-order valence-electron chi connectivity index (χ2n) is 17.2. The molecule has 2 fully saturated rings. The summed E-state index contributed by atoms with van der Waals surface area (Å²) >= 11 is 8.54. The van der Waals surface area contributed by atoms with Gasteiger partial charge in [-0.15, -0.1) is 0 Å². The Labute approximate surface area is 380 Å². The van der Waals surface area contributed by atoms with Crippen LogP contribution >= 0.6 is 34.5 Å². The van der Waals surface area contributed by atoms with Crippen LogP contribution in [0.15, 0.2) is 95.7 Å². The van der Waals surface area contributed by atoms with Crippen LogP contribution in [0.5, 0.6) is 11.5 Å². The van der Waals surface area contributed by atoms with Crippen molar-refractivity contribution in [1.82, 2.24) is 22.7 Å². The highest BCUT2D eigenvalue weighted by atomic mass is 127. The number of hydrogen-bond acceptors (Lipinski definition) is 11. The van der Waals surface area contributed by atoms with Crippen LogP contribution in [0.2, 0.25) is 5.02 Å². The molecule has 14 nitrogen and oxygen atoms in total. The Morgan fingerprint density at radius 1 is 1.02 bits per heavy atom. The summed E-state index contributed by atoms with van der Waals surface area (Å²) in [6, 6.07) is 20.5. The molecule has 0 atom stereocenters. The van der Waals surface area contributed by atoms with Crippen molar-refractivity contribution in [3.63, 3.8) is 0 Å². The summed E-state index contributed by atoms with van der Waals surface area (Å²) in [7, 11) is -4.55. The van der Waals surface area contributed by atoms with E-state index in [0.717, 1.165) is 100 Å². The van der Waals surface area contributed by atoms with Gasteiger partial charge in [0.1, 0.15) is 22.8 Å². The number of amides is 1. The standard InChI is InChI=1S/C45H50ClIN8O6S/c1-45(2)15-11-33(39(26-45)31-3-5-34(46)6-4-31)29-52-19-21-53(22-20-52)35-7-9-38(42(24-35)61-36-23-32-12-16-48-43(32)50-28-36)44(56)51-62(59,60)37-8-10-40(41(25-37)55(57)58)49-27-30-13-17-54(47)18-14-30/h3-10,12,16,23-25,28,30,49H,11,13-15,17-22,26-27,29H2,1-2H3,(H,48,50)(H,51,56). The number of sulfonamides is 1. The zero-order valence-corrected chi connectivity index (χ0v) is 38.4. The lowest BCUT2D eigenvalue weighted by atomic mass is 9.72. The summed E-state index contributed by atoms with van der Waals surface area (Å²) in [5.74, 6) is -0.117. The fraction of sp³-hybridized carbons (Fsp3) is 0.378. The lowest BCUT2D eigenvalue weighted by molar-refractivity contribution is -0.384. The maximum atomic E-state index is 13.9. The number of H-pyrrole nitrogens is 1. The van der Waals surface area contributed by atoms with Gasteiger partial charge in [-0.3, -0.25) is 19.8 Å². The summed E-state index contributed by atoms with van der Waals surface area (Å²) in [5, 5.41) is 16.8. The first-order valence-electron chi connectivity index (χ1n) is 20.9. The van der Waals surface area contributed by atoms with Crippen molar-refractivity contribution >= 4 is 84.1 Å². The molecule has 2 aliphatic heterocycles. The van der Waals surface area contributed by atoms with Crippen LogP contribution in [0.1, 0.15) is 61.9 Å². The van der Waals surface area contributed by atoms with Crippen molar-refractivity contribution in [2.24, 2.45) is 11.3 Å². The fourth-order valence-electron chi connectivity index (χ4n) is 8.56. The minimum Gasteiger partial charge on any atom is -0.455 e. The number of aromatic nitrogens is 2. The number of carbonyl (C=O) groups is 1. The number of nitro benzene ring substituents is 1. The average molecular weight is 993 g/mol. The van der Waals surface area contributed by atoms with E-state index < -0.39 is 31.4 Å². The number of ether oxygens (including phenoxy) is 1. The zero-order chi connectivity index (χ0) is 43.6. The predicted octanol–water partition coefficient (Wildman–Crippen LogP) is 9.30. The Kier molecular flexibility index (Phi) is 13.1. The average Bonchev–Trinajstić information content (AvgIpc) is 3.72. The summed E-state index contributed by atoms with van der Waals surface area (Å²) in [4.78, 5) is 37.2. The van der Waals surface area contributed by atoms with Gasteiger partial charge < -0.3 is 19.9 Å². The maximum Gasteiger partial charge on any atom is 0.293 e. The van der Waals surface area contributed by atoms with Crippen molar-refractivity contribution in [1.29, 1.82) is 0 Å². The van der Waals surface area contributed by atoms with E-state index >= 15 is 0 Å². The molecule has 326 valence electrons. The van der Waals surface area contributed by atoms with E-state index in [4.69, 9.17) is 16.3 Å². The largest absolute Gasteiger partial charge is 0.455 e. The molecule has 3 aliphatic rings. The number of anilines is 2. The van der Waals surface area contributed by atoms with Crippen molar-refractivity contribution in [2.75, 3.05) is 62.6 Å². The van der Waals surface area contributed by atoms with Gasteiger partial charge in [-0.05, 0) is 103 Å². The molecule has 62 heavy (non-hydrogen) atoms. The third kappa shape index (κ3) is 10.4. The Bertz CT molecular complexity index is 2600. The number of pyridine rings is 1. The Morgan fingerprint density at radius 2 is 1.77 bits per heavy atom. The Hall–Kier alpha value is -4.75. The first-order valence-corrected chi connectivity index (χ1v) is 23.7. The van der Waals surface area contributed by atoms with Gasteiger partial charge in [-0.1, -0.05) is 43.2 Å². The summed E-state index contributed by atoms with van der Waals surface area (Å²) < 4.78 is 38.1. The molecular formula is C45H50ClIN8O6S. The number of nitrogens with zero attached hydrogens (tertiary/aromatic N) is 5. The smallest absolute Gasteiger partial charge is 0.293 e. The molecule has 0 bridgehead atoms. The molecule has 5 aromatic rings. The van der Waals surface area contributed by atoms with Crippen LogP contribution < -0.4 is 19.7 Å². The number of halogens is 2. The molecule has 3 N–H and O–H groups in total. The number of piperazine rings is 1. The van der Waals surface area contributed by atoms with Crippen LogP contribution in [0.3, 0.4) is 0 Å². The van der Waals surface area contributed by atoms with E-state index in [9.17, 15) is 23.3 Å². The lowest BCUT2D eigenvalue weighted by Crippen LogP contribution is -2.47.